The molecule has 1 unspecified atom stereocenters. The van der Waals surface area contributed by atoms with Gasteiger partial charge in [-0.25, -0.2) is 4.98 Å². The summed E-state index contributed by atoms with van der Waals surface area (Å²) in [5, 5.41) is 2.77. The molecule has 0 bridgehead atoms. The van der Waals surface area contributed by atoms with E-state index in [1.54, 1.807) is 12.4 Å². The molecule has 0 aliphatic carbocycles. The number of carbonyl (C=O) groups excluding carboxylic acids is 1. The number of anilines is 1. The molecule has 21 heavy (non-hydrogen) atoms. The zero-order valence-electron chi connectivity index (χ0n) is 12.7. The van der Waals surface area contributed by atoms with Crippen molar-refractivity contribution in [1.82, 2.24) is 9.97 Å². The Balaban J connectivity index is 2.02. The average molecular weight is 283 g/mol. The van der Waals surface area contributed by atoms with Crippen LogP contribution in [0.25, 0.3) is 0 Å². The highest BCUT2D eigenvalue weighted by atomic mass is 16.1. The Hall–Kier alpha value is -2.23. The molecule has 2 rings (SSSR count). The SMILES string of the molecule is CC(C)Cc1ccc(C(C)C(=O)Nc2cnccn2)cc1. The quantitative estimate of drug-likeness (QED) is 0.914. The fourth-order valence-electron chi connectivity index (χ4n) is 2.16. The van der Waals surface area contributed by atoms with Crippen molar-refractivity contribution >= 4 is 11.7 Å². The molecule has 1 atom stereocenters. The summed E-state index contributed by atoms with van der Waals surface area (Å²) in [5.41, 5.74) is 2.30. The molecule has 4 nitrogen and oxygen atoms in total. The van der Waals surface area contributed by atoms with E-state index < -0.39 is 0 Å². The van der Waals surface area contributed by atoms with Crippen LogP contribution in [0.3, 0.4) is 0 Å². The van der Waals surface area contributed by atoms with Gasteiger partial charge < -0.3 is 5.32 Å². The van der Waals surface area contributed by atoms with E-state index in [1.807, 2.05) is 19.1 Å². The first-order chi connectivity index (χ1) is 10.1. The van der Waals surface area contributed by atoms with Crippen LogP contribution < -0.4 is 5.32 Å². The molecule has 1 aromatic carbocycles. The van der Waals surface area contributed by atoms with E-state index in [-0.39, 0.29) is 11.8 Å². The first kappa shape index (κ1) is 15.2. The first-order valence-electron chi connectivity index (χ1n) is 7.22. The summed E-state index contributed by atoms with van der Waals surface area (Å²) in [6, 6.07) is 8.25. The second-order valence-corrected chi connectivity index (χ2v) is 5.64. The number of nitrogens with zero attached hydrogens (tertiary/aromatic N) is 2. The van der Waals surface area contributed by atoms with E-state index in [0.29, 0.717) is 11.7 Å². The first-order valence-corrected chi connectivity index (χ1v) is 7.22. The minimum atomic E-state index is -0.222. The Labute approximate surface area is 125 Å². The Morgan fingerprint density at radius 3 is 2.43 bits per heavy atom. The molecular formula is C17H21N3O. The summed E-state index contributed by atoms with van der Waals surface area (Å²) in [6.45, 7) is 6.29. The third-order valence-electron chi connectivity index (χ3n) is 3.33. The highest BCUT2D eigenvalue weighted by Crippen LogP contribution is 2.19. The Bertz CT molecular complexity index is 579. The molecule has 0 fully saturated rings. The fraction of sp³-hybridized carbons (Fsp3) is 0.353. The Morgan fingerprint density at radius 2 is 1.86 bits per heavy atom. The summed E-state index contributed by atoms with van der Waals surface area (Å²) in [6.07, 6.45) is 5.73. The largest absolute Gasteiger partial charge is 0.309 e. The van der Waals surface area contributed by atoms with Gasteiger partial charge in [0.2, 0.25) is 5.91 Å². The lowest BCUT2D eigenvalue weighted by atomic mass is 9.96. The Kier molecular flexibility index (Phi) is 5.04. The highest BCUT2D eigenvalue weighted by Gasteiger charge is 2.15. The van der Waals surface area contributed by atoms with Gasteiger partial charge in [-0.15, -0.1) is 0 Å². The molecule has 1 N–H and O–H groups in total. The highest BCUT2D eigenvalue weighted by molar-refractivity contribution is 5.94. The van der Waals surface area contributed by atoms with Gasteiger partial charge in [-0.2, -0.15) is 0 Å². The number of rotatable bonds is 5. The van der Waals surface area contributed by atoms with E-state index in [0.717, 1.165) is 12.0 Å². The van der Waals surface area contributed by atoms with E-state index in [4.69, 9.17) is 0 Å². The maximum absolute atomic E-state index is 12.2. The number of aromatic nitrogens is 2. The van der Waals surface area contributed by atoms with Crippen LogP contribution in [0.5, 0.6) is 0 Å². The van der Waals surface area contributed by atoms with Gasteiger partial charge in [0.1, 0.15) is 0 Å². The standard InChI is InChI=1S/C17H21N3O/c1-12(2)10-14-4-6-15(7-5-14)13(3)17(21)20-16-11-18-8-9-19-16/h4-9,11-13H,10H2,1-3H3,(H,19,20,21). The lowest BCUT2D eigenvalue weighted by Gasteiger charge is -2.13. The molecule has 1 heterocycles. The zero-order chi connectivity index (χ0) is 15.2. The van der Waals surface area contributed by atoms with Gasteiger partial charge in [-0.1, -0.05) is 38.1 Å². The van der Waals surface area contributed by atoms with Crippen LogP contribution in [0.15, 0.2) is 42.9 Å². The number of hydrogen-bond donors (Lipinski definition) is 1. The van der Waals surface area contributed by atoms with Crippen molar-refractivity contribution < 1.29 is 4.79 Å². The van der Waals surface area contributed by atoms with Crippen molar-refractivity contribution in [3.05, 3.63) is 54.0 Å². The van der Waals surface area contributed by atoms with E-state index >= 15 is 0 Å². The number of amides is 1. The van der Waals surface area contributed by atoms with Gasteiger partial charge >= 0.3 is 0 Å². The molecule has 0 aliphatic heterocycles. The molecule has 1 aromatic heterocycles. The van der Waals surface area contributed by atoms with Gasteiger partial charge in [-0.05, 0) is 30.4 Å². The molecule has 0 radical (unpaired) electrons. The third-order valence-corrected chi connectivity index (χ3v) is 3.33. The van der Waals surface area contributed by atoms with E-state index in [1.165, 1.54) is 11.8 Å². The van der Waals surface area contributed by atoms with Crippen molar-refractivity contribution in [2.45, 2.75) is 33.1 Å². The zero-order valence-corrected chi connectivity index (χ0v) is 12.7. The van der Waals surface area contributed by atoms with Gasteiger partial charge in [0, 0.05) is 12.4 Å². The van der Waals surface area contributed by atoms with Crippen LogP contribution in [0.2, 0.25) is 0 Å². The normalized spacial score (nSPS) is 12.2. The van der Waals surface area contributed by atoms with Crippen LogP contribution in [-0.4, -0.2) is 15.9 Å². The average Bonchev–Trinajstić information content (AvgIpc) is 2.47. The van der Waals surface area contributed by atoms with Crippen LogP contribution >= 0.6 is 0 Å². The van der Waals surface area contributed by atoms with Crippen molar-refractivity contribution in [1.29, 1.82) is 0 Å². The lowest BCUT2D eigenvalue weighted by molar-refractivity contribution is -0.117. The van der Waals surface area contributed by atoms with Crippen LogP contribution in [0, 0.1) is 5.92 Å². The molecule has 1 amide bonds. The summed E-state index contributed by atoms with van der Waals surface area (Å²) >= 11 is 0. The summed E-state index contributed by atoms with van der Waals surface area (Å²) in [4.78, 5) is 20.2. The summed E-state index contributed by atoms with van der Waals surface area (Å²) in [5.74, 6) is 0.811. The molecule has 0 saturated carbocycles. The smallest absolute Gasteiger partial charge is 0.232 e. The minimum absolute atomic E-state index is 0.0768. The molecule has 2 aromatic rings. The molecule has 0 spiro atoms. The number of hydrogen-bond acceptors (Lipinski definition) is 3. The summed E-state index contributed by atoms with van der Waals surface area (Å²) in [7, 11) is 0. The number of carbonyl (C=O) groups is 1. The maximum atomic E-state index is 12.2. The molecule has 0 saturated heterocycles. The lowest BCUT2D eigenvalue weighted by Crippen LogP contribution is -2.19. The second-order valence-electron chi connectivity index (χ2n) is 5.64. The molecular weight excluding hydrogens is 262 g/mol. The second kappa shape index (κ2) is 6.97. The molecule has 110 valence electrons. The fourth-order valence-corrected chi connectivity index (χ4v) is 2.16. The topological polar surface area (TPSA) is 54.9 Å². The van der Waals surface area contributed by atoms with E-state index in [9.17, 15) is 4.79 Å². The van der Waals surface area contributed by atoms with Crippen LogP contribution in [0.4, 0.5) is 5.82 Å². The molecule has 0 aliphatic rings. The van der Waals surface area contributed by atoms with Crippen molar-refractivity contribution in [3.8, 4) is 0 Å². The van der Waals surface area contributed by atoms with Crippen LogP contribution in [0.1, 0.15) is 37.8 Å². The minimum Gasteiger partial charge on any atom is -0.309 e. The van der Waals surface area contributed by atoms with Crippen molar-refractivity contribution in [2.24, 2.45) is 5.92 Å². The third kappa shape index (κ3) is 4.38. The predicted octanol–water partition coefficient (Wildman–Crippen LogP) is 3.42. The van der Waals surface area contributed by atoms with Gasteiger partial charge in [0.15, 0.2) is 5.82 Å². The number of benzene rings is 1. The van der Waals surface area contributed by atoms with Crippen molar-refractivity contribution in [2.75, 3.05) is 5.32 Å². The monoisotopic (exact) mass is 283 g/mol. The van der Waals surface area contributed by atoms with E-state index in [2.05, 4.69) is 41.3 Å². The predicted molar refractivity (Wildman–Crippen MR) is 84.1 cm³/mol. The van der Waals surface area contributed by atoms with Crippen molar-refractivity contribution in [3.63, 3.8) is 0 Å². The summed E-state index contributed by atoms with van der Waals surface area (Å²) < 4.78 is 0. The maximum Gasteiger partial charge on any atom is 0.232 e. The number of nitrogens with one attached hydrogen (secondary N) is 1. The van der Waals surface area contributed by atoms with Crippen LogP contribution in [-0.2, 0) is 11.2 Å². The van der Waals surface area contributed by atoms with Gasteiger partial charge in [0.25, 0.3) is 0 Å². The van der Waals surface area contributed by atoms with Gasteiger partial charge in [0.05, 0.1) is 12.1 Å². The Morgan fingerprint density at radius 1 is 1.14 bits per heavy atom. The van der Waals surface area contributed by atoms with Gasteiger partial charge in [-0.3, -0.25) is 9.78 Å². The molecule has 4 heteroatoms.